The number of thiazole rings is 1. The van der Waals surface area contributed by atoms with Crippen molar-refractivity contribution < 1.29 is 0 Å². The summed E-state index contributed by atoms with van der Waals surface area (Å²) in [5, 5.41) is 4.87. The molecule has 1 aliphatic rings. The molecule has 2 nitrogen and oxygen atoms in total. The molecule has 1 aromatic heterocycles. The minimum Gasteiger partial charge on any atom is -0.313 e. The molecule has 1 saturated heterocycles. The van der Waals surface area contributed by atoms with E-state index in [4.69, 9.17) is 0 Å². The zero-order chi connectivity index (χ0) is 11.5. The number of rotatable bonds is 4. The molecular weight excluding hydrogens is 248 g/mol. The molecule has 1 N–H and O–H groups in total. The maximum Gasteiger partial charge on any atom is 0.0951 e. The van der Waals surface area contributed by atoms with Crippen molar-refractivity contribution in [3.63, 3.8) is 0 Å². The molecule has 1 fully saturated rings. The Hall–Kier alpha value is -0.580. The smallest absolute Gasteiger partial charge is 0.0951 e. The first kappa shape index (κ1) is 11.5. The normalized spacial score (nSPS) is 20.1. The number of aromatic nitrogens is 1. The maximum absolute atomic E-state index is 4.65. The fraction of sp³-hybridized carbons (Fsp3) is 0.462. The van der Waals surface area contributed by atoms with Gasteiger partial charge in [-0.25, -0.2) is 4.98 Å². The number of fused-ring (bicyclic) bond motifs is 1. The average Bonchev–Trinajstić information content (AvgIpc) is 2.96. The van der Waals surface area contributed by atoms with Gasteiger partial charge in [0, 0.05) is 24.8 Å². The van der Waals surface area contributed by atoms with Gasteiger partial charge in [-0.3, -0.25) is 0 Å². The second kappa shape index (κ2) is 5.38. The first-order valence-electron chi connectivity index (χ1n) is 6.07. The topological polar surface area (TPSA) is 24.9 Å². The summed E-state index contributed by atoms with van der Waals surface area (Å²) in [6, 6.07) is 9.11. The fourth-order valence-corrected chi connectivity index (χ4v) is 4.26. The summed E-state index contributed by atoms with van der Waals surface area (Å²) in [7, 11) is 0. The summed E-state index contributed by atoms with van der Waals surface area (Å²) in [6.07, 6.45) is 2.38. The molecule has 1 atom stereocenters. The molecule has 1 aliphatic heterocycles. The number of thioether (sulfide) groups is 1. The summed E-state index contributed by atoms with van der Waals surface area (Å²) in [6.45, 7) is 1.06. The highest BCUT2D eigenvalue weighted by Crippen LogP contribution is 2.22. The lowest BCUT2D eigenvalue weighted by Crippen LogP contribution is -2.30. The molecule has 4 heteroatoms. The lowest BCUT2D eigenvalue weighted by atomic mass is 10.2. The van der Waals surface area contributed by atoms with Crippen LogP contribution in [-0.4, -0.2) is 29.1 Å². The van der Waals surface area contributed by atoms with Crippen LogP contribution in [0.25, 0.3) is 10.2 Å². The Morgan fingerprint density at radius 1 is 1.35 bits per heavy atom. The molecule has 2 heterocycles. The third kappa shape index (κ3) is 2.81. The Morgan fingerprint density at radius 3 is 3.12 bits per heavy atom. The largest absolute Gasteiger partial charge is 0.313 e. The Labute approximate surface area is 110 Å². The summed E-state index contributed by atoms with van der Waals surface area (Å²) < 4.78 is 1.30. The molecule has 0 amide bonds. The van der Waals surface area contributed by atoms with E-state index < -0.39 is 0 Å². The molecule has 3 rings (SSSR count). The van der Waals surface area contributed by atoms with Crippen LogP contribution in [0.3, 0.4) is 0 Å². The van der Waals surface area contributed by atoms with Crippen LogP contribution in [0.5, 0.6) is 0 Å². The number of nitrogens with zero attached hydrogens (tertiary/aromatic N) is 1. The van der Waals surface area contributed by atoms with Crippen molar-refractivity contribution in [2.45, 2.75) is 18.9 Å². The van der Waals surface area contributed by atoms with Crippen LogP contribution in [0.4, 0.5) is 0 Å². The average molecular weight is 264 g/mol. The van der Waals surface area contributed by atoms with Crippen molar-refractivity contribution in [1.29, 1.82) is 0 Å². The SMILES string of the molecule is c1ccc2sc(CCNC3CCSC3)nc2c1. The molecule has 90 valence electrons. The number of nitrogens with one attached hydrogen (secondary N) is 1. The van der Waals surface area contributed by atoms with Gasteiger partial charge in [-0.2, -0.15) is 11.8 Å². The van der Waals surface area contributed by atoms with Crippen LogP contribution in [0.1, 0.15) is 11.4 Å². The summed E-state index contributed by atoms with van der Waals surface area (Å²) >= 11 is 3.88. The van der Waals surface area contributed by atoms with Crippen LogP contribution in [0, 0.1) is 0 Å². The van der Waals surface area contributed by atoms with E-state index in [1.807, 2.05) is 11.3 Å². The van der Waals surface area contributed by atoms with Gasteiger partial charge in [-0.1, -0.05) is 12.1 Å². The zero-order valence-electron chi connectivity index (χ0n) is 9.69. The lowest BCUT2D eigenvalue weighted by Gasteiger charge is -2.09. The fourth-order valence-electron chi connectivity index (χ4n) is 2.11. The number of benzene rings is 1. The van der Waals surface area contributed by atoms with Crippen LogP contribution < -0.4 is 5.32 Å². The van der Waals surface area contributed by atoms with Crippen LogP contribution in [-0.2, 0) is 6.42 Å². The molecule has 0 bridgehead atoms. The summed E-state index contributed by atoms with van der Waals surface area (Å²) in [4.78, 5) is 4.65. The van der Waals surface area contributed by atoms with Crippen molar-refractivity contribution in [2.75, 3.05) is 18.1 Å². The van der Waals surface area contributed by atoms with E-state index in [1.54, 1.807) is 0 Å². The Balaban J connectivity index is 1.57. The van der Waals surface area contributed by atoms with E-state index in [0.717, 1.165) is 24.5 Å². The predicted octanol–water partition coefficient (Wildman–Crippen LogP) is 2.93. The van der Waals surface area contributed by atoms with Gasteiger partial charge >= 0.3 is 0 Å². The third-order valence-corrected chi connectivity index (χ3v) is 5.30. The van der Waals surface area contributed by atoms with Crippen molar-refractivity contribution >= 4 is 33.3 Å². The Morgan fingerprint density at radius 2 is 2.29 bits per heavy atom. The van der Waals surface area contributed by atoms with E-state index in [9.17, 15) is 0 Å². The van der Waals surface area contributed by atoms with Crippen molar-refractivity contribution in [2.24, 2.45) is 0 Å². The van der Waals surface area contributed by atoms with E-state index in [-0.39, 0.29) is 0 Å². The van der Waals surface area contributed by atoms with Gasteiger partial charge in [0.25, 0.3) is 0 Å². The van der Waals surface area contributed by atoms with Gasteiger partial charge in [-0.15, -0.1) is 11.3 Å². The first-order valence-corrected chi connectivity index (χ1v) is 8.04. The predicted molar refractivity (Wildman–Crippen MR) is 77.1 cm³/mol. The van der Waals surface area contributed by atoms with Crippen molar-refractivity contribution in [1.82, 2.24) is 10.3 Å². The standard InChI is InChI=1S/C13H16N2S2/c1-2-4-12-11(3-1)15-13(17-12)5-7-14-10-6-8-16-9-10/h1-4,10,14H,5-9H2. The Kier molecular flexibility index (Phi) is 3.64. The van der Waals surface area contributed by atoms with Gasteiger partial charge in [-0.05, 0) is 24.3 Å². The molecule has 0 spiro atoms. The zero-order valence-corrected chi connectivity index (χ0v) is 11.3. The van der Waals surface area contributed by atoms with Crippen molar-refractivity contribution in [3.05, 3.63) is 29.3 Å². The van der Waals surface area contributed by atoms with Crippen molar-refractivity contribution in [3.8, 4) is 0 Å². The lowest BCUT2D eigenvalue weighted by molar-refractivity contribution is 0.560. The number of hydrogen-bond acceptors (Lipinski definition) is 4. The minimum absolute atomic E-state index is 0.731. The quantitative estimate of drug-likeness (QED) is 0.919. The van der Waals surface area contributed by atoms with Crippen LogP contribution >= 0.6 is 23.1 Å². The highest BCUT2D eigenvalue weighted by atomic mass is 32.2. The molecule has 0 radical (unpaired) electrons. The van der Waals surface area contributed by atoms with Gasteiger partial charge < -0.3 is 5.32 Å². The van der Waals surface area contributed by atoms with E-state index in [0.29, 0.717) is 0 Å². The maximum atomic E-state index is 4.65. The molecule has 0 saturated carbocycles. The molecule has 1 unspecified atom stereocenters. The monoisotopic (exact) mass is 264 g/mol. The molecule has 1 aromatic carbocycles. The molecular formula is C13H16N2S2. The van der Waals surface area contributed by atoms with E-state index >= 15 is 0 Å². The van der Waals surface area contributed by atoms with E-state index in [2.05, 4.69) is 46.3 Å². The highest BCUT2D eigenvalue weighted by molar-refractivity contribution is 7.99. The van der Waals surface area contributed by atoms with Crippen LogP contribution in [0.15, 0.2) is 24.3 Å². The highest BCUT2D eigenvalue weighted by Gasteiger charge is 2.14. The molecule has 17 heavy (non-hydrogen) atoms. The molecule has 0 aliphatic carbocycles. The summed E-state index contributed by atoms with van der Waals surface area (Å²) in [5.41, 5.74) is 1.14. The Bertz CT molecular complexity index is 456. The third-order valence-electron chi connectivity index (χ3n) is 3.04. The second-order valence-corrected chi connectivity index (χ2v) is 6.60. The van der Waals surface area contributed by atoms with E-state index in [1.165, 1.54) is 27.6 Å². The van der Waals surface area contributed by atoms with Crippen LogP contribution in [0.2, 0.25) is 0 Å². The number of hydrogen-bond donors (Lipinski definition) is 1. The van der Waals surface area contributed by atoms with Gasteiger partial charge in [0.15, 0.2) is 0 Å². The minimum atomic E-state index is 0.731. The number of para-hydroxylation sites is 1. The van der Waals surface area contributed by atoms with Gasteiger partial charge in [0.05, 0.1) is 15.2 Å². The van der Waals surface area contributed by atoms with Gasteiger partial charge in [0.2, 0.25) is 0 Å². The summed E-state index contributed by atoms with van der Waals surface area (Å²) in [5.74, 6) is 2.60. The van der Waals surface area contributed by atoms with Gasteiger partial charge in [0.1, 0.15) is 0 Å². The second-order valence-electron chi connectivity index (χ2n) is 4.34. The first-order chi connectivity index (χ1) is 8.42. The molecule has 2 aromatic rings.